The van der Waals surface area contributed by atoms with Crippen molar-refractivity contribution in [3.63, 3.8) is 0 Å². The maximum Gasteiger partial charge on any atom is 0.409 e. The molecule has 7 heteroatoms. The van der Waals surface area contributed by atoms with Crippen molar-refractivity contribution in [2.75, 3.05) is 31.6 Å². The zero-order chi connectivity index (χ0) is 20.9. The van der Waals surface area contributed by atoms with E-state index < -0.39 is 5.54 Å². The number of amides is 2. The average Bonchev–Trinajstić information content (AvgIpc) is 2.63. The molecule has 2 rings (SSSR count). The van der Waals surface area contributed by atoms with Gasteiger partial charge in [-0.1, -0.05) is 17.7 Å². The van der Waals surface area contributed by atoms with Gasteiger partial charge in [0.1, 0.15) is 11.3 Å². The smallest absolute Gasteiger partial charge is 0.409 e. The highest BCUT2D eigenvalue weighted by molar-refractivity contribution is 6.00. The highest BCUT2D eigenvalue weighted by atomic mass is 16.6. The van der Waals surface area contributed by atoms with Gasteiger partial charge in [-0.15, -0.1) is 0 Å². The second kappa shape index (κ2) is 9.19. The number of piperidine rings is 1. The van der Waals surface area contributed by atoms with Gasteiger partial charge in [0.15, 0.2) is 0 Å². The van der Waals surface area contributed by atoms with Gasteiger partial charge in [0, 0.05) is 18.8 Å². The topological polar surface area (TPSA) is 87.7 Å². The van der Waals surface area contributed by atoms with Gasteiger partial charge in [-0.3, -0.25) is 14.9 Å². The predicted octanol–water partition coefficient (Wildman–Crippen LogP) is 2.72. The third-order valence-corrected chi connectivity index (χ3v) is 5.17. The van der Waals surface area contributed by atoms with Crippen LogP contribution in [0.25, 0.3) is 0 Å². The first-order valence-electron chi connectivity index (χ1n) is 9.74. The molecule has 0 radical (unpaired) electrons. The maximum atomic E-state index is 13.3. The fraction of sp³-hybridized carbons (Fsp3) is 0.571. The molecule has 0 aromatic heterocycles. The van der Waals surface area contributed by atoms with E-state index in [-0.39, 0.29) is 24.3 Å². The number of likely N-dealkylation sites (tertiary alicyclic amines) is 1. The zero-order valence-electron chi connectivity index (χ0n) is 17.5. The van der Waals surface area contributed by atoms with E-state index in [4.69, 9.17) is 4.74 Å². The van der Waals surface area contributed by atoms with Gasteiger partial charge in [-0.25, -0.2) is 4.79 Å². The molecule has 0 atom stereocenters. The summed E-state index contributed by atoms with van der Waals surface area (Å²) in [7, 11) is 0. The van der Waals surface area contributed by atoms with Gasteiger partial charge in [-0.05, 0) is 58.6 Å². The Hall–Kier alpha value is -2.41. The van der Waals surface area contributed by atoms with Crippen LogP contribution in [0.5, 0.6) is 0 Å². The third-order valence-electron chi connectivity index (χ3n) is 5.17. The van der Waals surface area contributed by atoms with E-state index in [1.165, 1.54) is 6.92 Å². The minimum atomic E-state index is -0.904. The second-order valence-corrected chi connectivity index (χ2v) is 7.55. The number of carbonyl (C=O) groups excluding carboxylic acids is 3. The van der Waals surface area contributed by atoms with E-state index >= 15 is 0 Å². The van der Waals surface area contributed by atoms with Gasteiger partial charge in [0.25, 0.3) is 0 Å². The van der Waals surface area contributed by atoms with Gasteiger partial charge in [0.05, 0.1) is 13.2 Å². The molecule has 0 bridgehead atoms. The Morgan fingerprint density at radius 1 is 1.11 bits per heavy atom. The van der Waals surface area contributed by atoms with Gasteiger partial charge in [-0.2, -0.15) is 0 Å². The minimum Gasteiger partial charge on any atom is -0.450 e. The first kappa shape index (κ1) is 21.9. The lowest BCUT2D eigenvalue weighted by atomic mass is 9.86. The second-order valence-electron chi connectivity index (χ2n) is 7.55. The Kier molecular flexibility index (Phi) is 7.18. The van der Waals surface area contributed by atoms with E-state index in [9.17, 15) is 14.4 Å². The zero-order valence-corrected chi connectivity index (χ0v) is 17.5. The number of benzene rings is 1. The number of ketones is 1. The van der Waals surface area contributed by atoms with Crippen molar-refractivity contribution in [3.8, 4) is 0 Å². The van der Waals surface area contributed by atoms with Crippen molar-refractivity contribution in [1.29, 1.82) is 0 Å². The van der Waals surface area contributed by atoms with Crippen LogP contribution in [0.15, 0.2) is 12.1 Å². The minimum absolute atomic E-state index is 0.0392. The van der Waals surface area contributed by atoms with Crippen LogP contribution >= 0.6 is 0 Å². The highest BCUT2D eigenvalue weighted by Crippen LogP contribution is 2.28. The van der Waals surface area contributed by atoms with Crippen molar-refractivity contribution >= 4 is 23.5 Å². The van der Waals surface area contributed by atoms with Crippen molar-refractivity contribution in [3.05, 3.63) is 28.8 Å². The molecule has 1 fully saturated rings. The van der Waals surface area contributed by atoms with E-state index in [1.807, 2.05) is 32.9 Å². The molecule has 1 aromatic carbocycles. The number of rotatable bonds is 6. The van der Waals surface area contributed by atoms with Crippen LogP contribution in [0.2, 0.25) is 0 Å². The fourth-order valence-corrected chi connectivity index (χ4v) is 3.67. The molecule has 1 aliphatic rings. The number of ether oxygens (including phenoxy) is 1. The molecule has 1 saturated heterocycles. The molecule has 2 amide bonds. The number of hydrogen-bond acceptors (Lipinski definition) is 5. The largest absolute Gasteiger partial charge is 0.450 e. The number of nitrogens with one attached hydrogen (secondary N) is 2. The van der Waals surface area contributed by atoms with E-state index in [1.54, 1.807) is 11.8 Å². The lowest BCUT2D eigenvalue weighted by Crippen LogP contribution is -2.61. The molecule has 0 unspecified atom stereocenters. The first-order chi connectivity index (χ1) is 13.2. The summed E-state index contributed by atoms with van der Waals surface area (Å²) < 4.78 is 5.06. The Labute approximate surface area is 166 Å². The molecular weight excluding hydrogens is 358 g/mol. The summed E-state index contributed by atoms with van der Waals surface area (Å²) in [6.45, 7) is 10.4. The Morgan fingerprint density at radius 3 is 2.18 bits per heavy atom. The number of Topliss-reactive ketones (excluding diaryl/α,β-unsaturated/α-hetero) is 1. The SMILES string of the molecule is CCOC(=O)N1CCC(NCC(C)=O)(C(=O)Nc2c(C)cc(C)cc2C)CC1. The predicted molar refractivity (Wildman–Crippen MR) is 109 cm³/mol. The number of hydrogen-bond donors (Lipinski definition) is 2. The van der Waals surface area contributed by atoms with Crippen LogP contribution in [0.4, 0.5) is 10.5 Å². The van der Waals surface area contributed by atoms with E-state index in [0.717, 1.165) is 22.4 Å². The number of aryl methyl sites for hydroxylation is 3. The van der Waals surface area contributed by atoms with Crippen molar-refractivity contribution in [2.24, 2.45) is 0 Å². The summed E-state index contributed by atoms with van der Waals surface area (Å²) >= 11 is 0. The van der Waals surface area contributed by atoms with Gasteiger partial charge in [0.2, 0.25) is 5.91 Å². The third kappa shape index (κ3) is 5.10. The lowest BCUT2D eigenvalue weighted by molar-refractivity contribution is -0.125. The summed E-state index contributed by atoms with van der Waals surface area (Å²) in [5.41, 5.74) is 3.03. The normalized spacial score (nSPS) is 15.8. The number of nitrogens with zero attached hydrogens (tertiary/aromatic N) is 1. The van der Waals surface area contributed by atoms with Crippen molar-refractivity contribution < 1.29 is 19.1 Å². The van der Waals surface area contributed by atoms with Gasteiger partial charge >= 0.3 is 6.09 Å². The molecular formula is C21H31N3O4. The van der Waals surface area contributed by atoms with Crippen LogP contribution in [0.1, 0.15) is 43.4 Å². The summed E-state index contributed by atoms with van der Waals surface area (Å²) in [6, 6.07) is 4.06. The Balaban J connectivity index is 2.20. The fourth-order valence-electron chi connectivity index (χ4n) is 3.67. The van der Waals surface area contributed by atoms with Crippen molar-refractivity contribution in [2.45, 2.75) is 53.0 Å². The molecule has 7 nitrogen and oxygen atoms in total. The summed E-state index contributed by atoms with van der Waals surface area (Å²) in [4.78, 5) is 38.4. The molecule has 1 aromatic rings. The standard InChI is InChI=1S/C21H31N3O4/c1-6-28-20(27)24-9-7-21(8-10-24,22-13-17(5)25)19(26)23-18-15(3)11-14(2)12-16(18)4/h11-12,22H,6-10,13H2,1-5H3,(H,23,26). The summed E-state index contributed by atoms with van der Waals surface area (Å²) in [5, 5.41) is 6.22. The van der Waals surface area contributed by atoms with Crippen LogP contribution < -0.4 is 10.6 Å². The summed E-state index contributed by atoms with van der Waals surface area (Å²) in [5.74, 6) is -0.213. The molecule has 0 aliphatic carbocycles. The Morgan fingerprint density at radius 2 is 1.68 bits per heavy atom. The average molecular weight is 389 g/mol. The van der Waals surface area contributed by atoms with E-state index in [2.05, 4.69) is 10.6 Å². The number of anilines is 1. The van der Waals surface area contributed by atoms with Crippen LogP contribution in [-0.4, -0.2) is 54.5 Å². The van der Waals surface area contributed by atoms with Crippen molar-refractivity contribution in [1.82, 2.24) is 10.2 Å². The highest BCUT2D eigenvalue weighted by Gasteiger charge is 2.42. The molecule has 1 heterocycles. The maximum absolute atomic E-state index is 13.3. The number of carbonyl (C=O) groups is 3. The molecule has 1 aliphatic heterocycles. The Bertz CT molecular complexity index is 729. The molecule has 0 saturated carbocycles. The first-order valence-corrected chi connectivity index (χ1v) is 9.74. The van der Waals surface area contributed by atoms with Gasteiger partial charge < -0.3 is 15.0 Å². The molecule has 154 valence electrons. The quantitative estimate of drug-likeness (QED) is 0.781. The monoisotopic (exact) mass is 389 g/mol. The molecule has 2 N–H and O–H groups in total. The lowest BCUT2D eigenvalue weighted by Gasteiger charge is -2.40. The molecule has 0 spiro atoms. The summed E-state index contributed by atoms with van der Waals surface area (Å²) in [6.07, 6.45) is 0.456. The van der Waals surface area contributed by atoms with Crippen LogP contribution in [0, 0.1) is 20.8 Å². The van der Waals surface area contributed by atoms with E-state index in [0.29, 0.717) is 32.5 Å². The molecule has 28 heavy (non-hydrogen) atoms. The van der Waals surface area contributed by atoms with Crippen LogP contribution in [-0.2, 0) is 14.3 Å². The van der Waals surface area contributed by atoms with Crippen LogP contribution in [0.3, 0.4) is 0 Å².